The first-order chi connectivity index (χ1) is 13.5. The number of nitrogens with one attached hydrogen (secondary N) is 2. The van der Waals surface area contributed by atoms with E-state index in [1.807, 2.05) is 5.32 Å². The number of carbonyl (C=O) groups excluding carboxylic acids is 1. The standard InChI is InChI=1S/C15H16F3N5O5S/c1-28-14-20-11(8-24)19-12(22-14)21-13(25)23-29(26,27)10-5-3-2-4-9(10)6-7-15(16,17)18/h2-5,24H,6-8H2,1H3,(H2,19,20,21,22,23,25). The molecule has 10 nitrogen and oxygen atoms in total. The number of hydrogen-bond donors (Lipinski definition) is 3. The zero-order valence-corrected chi connectivity index (χ0v) is 15.7. The number of hydrogen-bond acceptors (Lipinski definition) is 8. The summed E-state index contributed by atoms with van der Waals surface area (Å²) in [4.78, 5) is 22.6. The Hall–Kier alpha value is -3.00. The van der Waals surface area contributed by atoms with Gasteiger partial charge in [0.1, 0.15) is 6.61 Å². The molecular formula is C15H16F3N5O5S. The fourth-order valence-corrected chi connectivity index (χ4v) is 3.35. The fourth-order valence-electron chi connectivity index (χ4n) is 2.17. The van der Waals surface area contributed by atoms with Crippen molar-refractivity contribution in [2.75, 3.05) is 12.4 Å². The minimum absolute atomic E-state index is 0.102. The van der Waals surface area contributed by atoms with Gasteiger partial charge in [-0.15, -0.1) is 0 Å². The lowest BCUT2D eigenvalue weighted by atomic mass is 10.1. The summed E-state index contributed by atoms with van der Waals surface area (Å²) in [6.45, 7) is -0.597. The topological polar surface area (TPSA) is 143 Å². The van der Waals surface area contributed by atoms with Crippen molar-refractivity contribution in [3.63, 3.8) is 0 Å². The summed E-state index contributed by atoms with van der Waals surface area (Å²) in [7, 11) is -3.27. The number of aromatic nitrogens is 3. The van der Waals surface area contributed by atoms with Crippen LogP contribution in [0.5, 0.6) is 6.01 Å². The molecule has 0 unspecified atom stereocenters. The van der Waals surface area contributed by atoms with Crippen molar-refractivity contribution in [3.05, 3.63) is 35.7 Å². The van der Waals surface area contributed by atoms with Gasteiger partial charge in [-0.2, -0.15) is 28.1 Å². The number of aliphatic hydroxyl groups excluding tert-OH is 1. The molecule has 0 bridgehead atoms. The van der Waals surface area contributed by atoms with Crippen molar-refractivity contribution in [2.45, 2.75) is 30.5 Å². The summed E-state index contributed by atoms with van der Waals surface area (Å²) in [6, 6.07) is 3.50. The van der Waals surface area contributed by atoms with Crippen LogP contribution in [0.15, 0.2) is 29.2 Å². The summed E-state index contributed by atoms with van der Waals surface area (Å²) in [6.07, 6.45) is -6.27. The fraction of sp³-hybridized carbons (Fsp3) is 0.333. The maximum atomic E-state index is 12.5. The number of urea groups is 1. The van der Waals surface area contributed by atoms with Crippen LogP contribution in [0.4, 0.5) is 23.9 Å². The molecule has 0 spiro atoms. The molecule has 0 aliphatic carbocycles. The highest BCUT2D eigenvalue weighted by atomic mass is 32.2. The van der Waals surface area contributed by atoms with Gasteiger partial charge < -0.3 is 9.84 Å². The average Bonchev–Trinajstić information content (AvgIpc) is 2.65. The molecule has 2 aromatic rings. The van der Waals surface area contributed by atoms with Gasteiger partial charge in [-0.05, 0) is 18.1 Å². The second-order valence-corrected chi connectivity index (χ2v) is 7.15. The molecule has 29 heavy (non-hydrogen) atoms. The van der Waals surface area contributed by atoms with Crippen LogP contribution in [0.1, 0.15) is 17.8 Å². The zero-order chi connectivity index (χ0) is 21.7. The first kappa shape index (κ1) is 22.3. The third kappa shape index (κ3) is 6.53. The normalized spacial score (nSPS) is 11.8. The molecule has 1 aromatic carbocycles. The van der Waals surface area contributed by atoms with E-state index in [2.05, 4.69) is 15.0 Å². The predicted octanol–water partition coefficient (Wildman–Crippen LogP) is 1.38. The van der Waals surface area contributed by atoms with Crippen LogP contribution in [0.3, 0.4) is 0 Å². The molecule has 0 atom stereocenters. The summed E-state index contributed by atoms with van der Waals surface area (Å²) < 4.78 is 68.7. The van der Waals surface area contributed by atoms with Crippen molar-refractivity contribution >= 4 is 22.0 Å². The van der Waals surface area contributed by atoms with Crippen LogP contribution in [0, 0.1) is 0 Å². The van der Waals surface area contributed by atoms with Gasteiger partial charge in [0.05, 0.1) is 12.0 Å². The summed E-state index contributed by atoms with van der Waals surface area (Å²) >= 11 is 0. The van der Waals surface area contributed by atoms with Gasteiger partial charge >= 0.3 is 18.2 Å². The van der Waals surface area contributed by atoms with Crippen LogP contribution < -0.4 is 14.8 Å². The molecule has 158 valence electrons. The molecule has 14 heteroatoms. The van der Waals surface area contributed by atoms with E-state index in [9.17, 15) is 26.4 Å². The van der Waals surface area contributed by atoms with Crippen LogP contribution in [0.2, 0.25) is 0 Å². The third-order valence-corrected chi connectivity index (χ3v) is 4.81. The molecule has 1 heterocycles. The number of aryl methyl sites for hydroxylation is 1. The highest BCUT2D eigenvalue weighted by molar-refractivity contribution is 7.90. The number of halogens is 3. The lowest BCUT2D eigenvalue weighted by Crippen LogP contribution is -2.35. The molecule has 0 fully saturated rings. The Bertz CT molecular complexity index is 962. The molecule has 1 aromatic heterocycles. The van der Waals surface area contributed by atoms with Crippen molar-refractivity contribution in [1.82, 2.24) is 19.7 Å². The number of anilines is 1. The van der Waals surface area contributed by atoms with Gasteiger partial charge in [-0.3, -0.25) is 5.32 Å². The number of ether oxygens (including phenoxy) is 1. The molecule has 0 saturated carbocycles. The Balaban J connectivity index is 2.18. The maximum Gasteiger partial charge on any atom is 0.389 e. The lowest BCUT2D eigenvalue weighted by Gasteiger charge is -2.13. The number of aliphatic hydroxyl groups is 1. The number of benzene rings is 1. The number of rotatable bonds is 7. The minimum atomic E-state index is -4.49. The number of alkyl halides is 3. The van der Waals surface area contributed by atoms with Crippen LogP contribution >= 0.6 is 0 Å². The largest absolute Gasteiger partial charge is 0.467 e. The van der Waals surface area contributed by atoms with E-state index >= 15 is 0 Å². The summed E-state index contributed by atoms with van der Waals surface area (Å²) in [5.41, 5.74) is -0.102. The number of amides is 2. The van der Waals surface area contributed by atoms with Gasteiger partial charge in [0.25, 0.3) is 10.0 Å². The van der Waals surface area contributed by atoms with E-state index in [0.29, 0.717) is 0 Å². The minimum Gasteiger partial charge on any atom is -0.467 e. The third-order valence-electron chi connectivity index (χ3n) is 3.38. The van der Waals surface area contributed by atoms with Gasteiger partial charge in [0.2, 0.25) is 5.95 Å². The number of sulfonamides is 1. The Morgan fingerprint density at radius 3 is 2.52 bits per heavy atom. The first-order valence-corrected chi connectivity index (χ1v) is 9.40. The Labute approximate surface area is 163 Å². The Morgan fingerprint density at radius 2 is 1.90 bits per heavy atom. The quantitative estimate of drug-likeness (QED) is 0.592. The van der Waals surface area contributed by atoms with Crippen molar-refractivity contribution in [3.8, 4) is 6.01 Å². The molecule has 0 saturated heterocycles. The lowest BCUT2D eigenvalue weighted by molar-refractivity contribution is -0.134. The summed E-state index contributed by atoms with van der Waals surface area (Å²) in [5, 5.41) is 11.1. The van der Waals surface area contributed by atoms with E-state index in [0.717, 1.165) is 6.07 Å². The van der Waals surface area contributed by atoms with E-state index < -0.39 is 52.5 Å². The van der Waals surface area contributed by atoms with Crippen LogP contribution in [-0.4, -0.2) is 47.8 Å². The van der Waals surface area contributed by atoms with Gasteiger partial charge in [-0.25, -0.2) is 17.9 Å². The monoisotopic (exact) mass is 435 g/mol. The maximum absolute atomic E-state index is 12.5. The molecular weight excluding hydrogens is 419 g/mol. The molecule has 0 aliphatic heterocycles. The van der Waals surface area contributed by atoms with E-state index in [4.69, 9.17) is 9.84 Å². The SMILES string of the molecule is COc1nc(CO)nc(NC(=O)NS(=O)(=O)c2ccccc2CCC(F)(F)F)n1. The predicted molar refractivity (Wildman–Crippen MR) is 92.5 cm³/mol. The smallest absolute Gasteiger partial charge is 0.389 e. The molecule has 3 N–H and O–H groups in total. The number of carbonyl (C=O) groups is 1. The van der Waals surface area contributed by atoms with Gasteiger partial charge in [0.15, 0.2) is 5.82 Å². The van der Waals surface area contributed by atoms with Crippen LogP contribution in [0.25, 0.3) is 0 Å². The second kappa shape index (κ2) is 9.00. The first-order valence-electron chi connectivity index (χ1n) is 7.92. The highest BCUT2D eigenvalue weighted by Gasteiger charge is 2.29. The molecule has 2 amide bonds. The molecule has 0 aliphatic rings. The van der Waals surface area contributed by atoms with E-state index in [-0.39, 0.29) is 17.4 Å². The van der Waals surface area contributed by atoms with Crippen LogP contribution in [-0.2, 0) is 23.1 Å². The number of methoxy groups -OCH3 is 1. The Morgan fingerprint density at radius 1 is 1.21 bits per heavy atom. The van der Waals surface area contributed by atoms with Gasteiger partial charge in [0, 0.05) is 6.42 Å². The molecule has 0 radical (unpaired) electrons. The zero-order valence-electron chi connectivity index (χ0n) is 14.9. The molecule has 2 rings (SSSR count). The van der Waals surface area contributed by atoms with Gasteiger partial charge in [-0.1, -0.05) is 18.2 Å². The average molecular weight is 435 g/mol. The number of nitrogens with zero attached hydrogens (tertiary/aromatic N) is 3. The summed E-state index contributed by atoms with van der Waals surface area (Å²) in [5.74, 6) is -0.550. The van der Waals surface area contributed by atoms with E-state index in [1.54, 1.807) is 4.72 Å². The van der Waals surface area contributed by atoms with Crippen molar-refractivity contribution < 1.29 is 36.2 Å². The second-order valence-electron chi connectivity index (χ2n) is 5.50. The van der Waals surface area contributed by atoms with Crippen molar-refractivity contribution in [2.24, 2.45) is 0 Å². The highest BCUT2D eigenvalue weighted by Crippen LogP contribution is 2.25. The van der Waals surface area contributed by atoms with Crippen molar-refractivity contribution in [1.29, 1.82) is 0 Å². The Kier molecular flexibility index (Phi) is 6.92. The van der Waals surface area contributed by atoms with E-state index in [1.165, 1.54) is 25.3 Å².